The molecule has 0 saturated carbocycles. The van der Waals surface area contributed by atoms with Crippen LogP contribution in [0.25, 0.3) is 16.2 Å². The largest absolute Gasteiger partial charge is 0.241 e. The molecule has 0 bridgehead atoms. The third-order valence-electron chi connectivity index (χ3n) is 2.79. The van der Waals surface area contributed by atoms with Crippen LogP contribution in [0.5, 0.6) is 0 Å². The van der Waals surface area contributed by atoms with Crippen molar-refractivity contribution < 1.29 is 4.58 Å². The van der Waals surface area contributed by atoms with Gasteiger partial charge in [0, 0.05) is 6.08 Å². The molecule has 0 aromatic heterocycles. The Bertz CT molecular complexity index is 591. The number of nitrogens with zero attached hydrogens (tertiary/aromatic N) is 1. The summed E-state index contributed by atoms with van der Waals surface area (Å²) in [6, 6.07) is 18.6. The molecule has 19 heavy (non-hydrogen) atoms. The number of rotatable bonds is 3. The number of halogens is 1. The summed E-state index contributed by atoms with van der Waals surface area (Å²) in [5, 5.41) is 0.744. The number of benzene rings is 2. The minimum atomic E-state index is 0.744. The summed E-state index contributed by atoms with van der Waals surface area (Å²) in [7, 11) is 3.94. The van der Waals surface area contributed by atoms with Gasteiger partial charge in [-0.2, -0.15) is 0 Å². The van der Waals surface area contributed by atoms with E-state index in [9.17, 15) is 0 Å². The van der Waals surface area contributed by atoms with Crippen molar-refractivity contribution in [3.05, 3.63) is 66.2 Å². The van der Waals surface area contributed by atoms with E-state index in [2.05, 4.69) is 24.3 Å². The van der Waals surface area contributed by atoms with E-state index < -0.39 is 0 Å². The van der Waals surface area contributed by atoms with Crippen molar-refractivity contribution in [2.24, 2.45) is 0 Å². The molecule has 2 aromatic carbocycles. The molecule has 2 heteroatoms. The fraction of sp³-hybridized carbons (Fsp3) is 0.118. The smallest absolute Gasteiger partial charge is 0.164 e. The molecule has 0 radical (unpaired) electrons. The van der Waals surface area contributed by atoms with E-state index in [1.165, 1.54) is 11.1 Å². The summed E-state index contributed by atoms with van der Waals surface area (Å²) in [4.78, 5) is 0. The molecule has 0 aliphatic carbocycles. The van der Waals surface area contributed by atoms with E-state index in [4.69, 9.17) is 11.6 Å². The van der Waals surface area contributed by atoms with Gasteiger partial charge >= 0.3 is 0 Å². The van der Waals surface area contributed by atoms with Crippen LogP contribution in [0.4, 0.5) is 0 Å². The van der Waals surface area contributed by atoms with Gasteiger partial charge in [0.2, 0.25) is 0 Å². The fourth-order valence-electron chi connectivity index (χ4n) is 1.76. The Morgan fingerprint density at radius 2 is 1.47 bits per heavy atom. The van der Waals surface area contributed by atoms with Gasteiger partial charge in [-0.15, -0.1) is 0 Å². The van der Waals surface area contributed by atoms with Gasteiger partial charge in [0.05, 0.1) is 5.03 Å². The molecule has 0 aliphatic rings. The molecule has 0 N–H and O–H groups in total. The Morgan fingerprint density at radius 3 is 2.05 bits per heavy atom. The monoisotopic (exact) mass is 270 g/mol. The van der Waals surface area contributed by atoms with Crippen LogP contribution in [0.15, 0.2) is 60.7 Å². The molecular weight excluding hydrogens is 254 g/mol. The lowest BCUT2D eigenvalue weighted by Gasteiger charge is -2.03. The highest BCUT2D eigenvalue weighted by Gasteiger charge is 2.00. The lowest BCUT2D eigenvalue weighted by molar-refractivity contribution is -0.458. The molecule has 1 nitrogen and oxygen atoms in total. The maximum atomic E-state index is 6.25. The van der Waals surface area contributed by atoms with Crippen molar-refractivity contribution >= 4 is 22.8 Å². The predicted molar refractivity (Wildman–Crippen MR) is 83.9 cm³/mol. The van der Waals surface area contributed by atoms with Crippen molar-refractivity contribution in [2.45, 2.75) is 0 Å². The highest BCUT2D eigenvalue weighted by atomic mass is 35.5. The molecular formula is C17H17ClN+. The minimum Gasteiger partial charge on any atom is -0.241 e. The maximum Gasteiger partial charge on any atom is 0.164 e. The number of allylic oxidation sites excluding steroid dienone is 1. The molecule has 0 fully saturated rings. The van der Waals surface area contributed by atoms with Gasteiger partial charge < -0.3 is 0 Å². The van der Waals surface area contributed by atoms with Crippen LogP contribution in [0.1, 0.15) is 5.56 Å². The first kappa shape index (κ1) is 13.6. The van der Waals surface area contributed by atoms with Crippen LogP contribution in [0.2, 0.25) is 0 Å². The van der Waals surface area contributed by atoms with E-state index in [1.807, 2.05) is 61.3 Å². The summed E-state index contributed by atoms with van der Waals surface area (Å²) < 4.78 is 1.96. The summed E-state index contributed by atoms with van der Waals surface area (Å²) in [5.41, 5.74) is 3.44. The minimum absolute atomic E-state index is 0.744. The second-order valence-corrected chi connectivity index (χ2v) is 4.98. The van der Waals surface area contributed by atoms with Gasteiger partial charge in [0.15, 0.2) is 6.21 Å². The lowest BCUT2D eigenvalue weighted by atomic mass is 10.0. The zero-order chi connectivity index (χ0) is 13.7. The Labute approximate surface area is 119 Å². The first-order valence-corrected chi connectivity index (χ1v) is 6.57. The van der Waals surface area contributed by atoms with Crippen LogP contribution in [0, 0.1) is 0 Å². The summed E-state index contributed by atoms with van der Waals surface area (Å²) in [5.74, 6) is 0. The normalized spacial score (nSPS) is 11.2. The average molecular weight is 271 g/mol. The number of hydrogen-bond acceptors (Lipinski definition) is 0. The predicted octanol–water partition coefficient (Wildman–Crippen LogP) is 4.28. The van der Waals surface area contributed by atoms with Gasteiger partial charge in [0.1, 0.15) is 14.1 Å². The van der Waals surface area contributed by atoms with Crippen molar-refractivity contribution in [1.82, 2.24) is 0 Å². The summed E-state index contributed by atoms with van der Waals surface area (Å²) in [6.07, 6.45) is 3.84. The summed E-state index contributed by atoms with van der Waals surface area (Å²) in [6.45, 7) is 0. The standard InChI is InChI=1S/C17H17ClN/c1-19(2)13-12-17(18)16-10-8-15(9-11-16)14-6-4-3-5-7-14/h3-13H,1-2H3/q+1. The zero-order valence-electron chi connectivity index (χ0n) is 11.2. The topological polar surface area (TPSA) is 3.01 Å². The molecule has 0 aliphatic heterocycles. The van der Waals surface area contributed by atoms with Gasteiger partial charge in [-0.3, -0.25) is 0 Å². The number of hydrogen-bond donors (Lipinski definition) is 0. The quantitative estimate of drug-likeness (QED) is 0.579. The van der Waals surface area contributed by atoms with Crippen LogP contribution >= 0.6 is 11.6 Å². The van der Waals surface area contributed by atoms with Crippen LogP contribution < -0.4 is 0 Å². The Kier molecular flexibility index (Phi) is 4.53. The zero-order valence-corrected chi connectivity index (χ0v) is 11.9. The maximum absolute atomic E-state index is 6.25. The third kappa shape index (κ3) is 3.80. The first-order valence-electron chi connectivity index (χ1n) is 6.20. The third-order valence-corrected chi connectivity index (χ3v) is 3.13. The van der Waals surface area contributed by atoms with Crippen molar-refractivity contribution in [1.29, 1.82) is 0 Å². The van der Waals surface area contributed by atoms with E-state index in [-0.39, 0.29) is 0 Å². The summed E-state index contributed by atoms with van der Waals surface area (Å²) >= 11 is 6.25. The van der Waals surface area contributed by atoms with E-state index >= 15 is 0 Å². The molecule has 0 atom stereocenters. The SMILES string of the molecule is C[N+](C)=CC=C(Cl)c1ccc(-c2ccccc2)cc1. The van der Waals surface area contributed by atoms with Crippen LogP contribution in [-0.2, 0) is 0 Å². The van der Waals surface area contributed by atoms with Gasteiger partial charge in [-0.25, -0.2) is 4.58 Å². The Hall–Kier alpha value is -1.86. The highest BCUT2D eigenvalue weighted by molar-refractivity contribution is 6.49. The van der Waals surface area contributed by atoms with Crippen molar-refractivity contribution in [2.75, 3.05) is 14.1 Å². The molecule has 2 rings (SSSR count). The molecule has 96 valence electrons. The van der Waals surface area contributed by atoms with Gasteiger partial charge in [0.25, 0.3) is 0 Å². The molecule has 0 unspecified atom stereocenters. The Balaban J connectivity index is 2.24. The van der Waals surface area contributed by atoms with E-state index in [1.54, 1.807) is 0 Å². The fourth-order valence-corrected chi connectivity index (χ4v) is 1.95. The second-order valence-electron chi connectivity index (χ2n) is 4.57. The van der Waals surface area contributed by atoms with E-state index in [0.717, 1.165) is 10.6 Å². The molecule has 2 aromatic rings. The first-order chi connectivity index (χ1) is 9.16. The van der Waals surface area contributed by atoms with Crippen LogP contribution in [-0.4, -0.2) is 24.9 Å². The molecule has 0 saturated heterocycles. The van der Waals surface area contributed by atoms with Gasteiger partial charge in [-0.05, 0) is 16.7 Å². The van der Waals surface area contributed by atoms with Crippen molar-refractivity contribution in [3.63, 3.8) is 0 Å². The van der Waals surface area contributed by atoms with Gasteiger partial charge in [-0.1, -0.05) is 66.2 Å². The lowest BCUT2D eigenvalue weighted by Crippen LogP contribution is -1.95. The van der Waals surface area contributed by atoms with E-state index in [0.29, 0.717) is 0 Å². The Morgan fingerprint density at radius 1 is 0.895 bits per heavy atom. The average Bonchev–Trinajstić information content (AvgIpc) is 2.46. The molecule has 0 heterocycles. The molecule has 0 spiro atoms. The van der Waals surface area contributed by atoms with Crippen molar-refractivity contribution in [3.8, 4) is 11.1 Å². The highest BCUT2D eigenvalue weighted by Crippen LogP contribution is 2.23. The second kappa shape index (κ2) is 6.35. The molecule has 0 amide bonds. The van der Waals surface area contributed by atoms with Crippen LogP contribution in [0.3, 0.4) is 0 Å².